The Hall–Kier alpha value is -1.89. The van der Waals surface area contributed by atoms with Crippen molar-refractivity contribution in [2.24, 2.45) is 11.3 Å². The van der Waals surface area contributed by atoms with Gasteiger partial charge in [-0.25, -0.2) is 4.98 Å². The lowest BCUT2D eigenvalue weighted by Crippen LogP contribution is -2.35. The van der Waals surface area contributed by atoms with Crippen LogP contribution in [0, 0.1) is 22.7 Å². The van der Waals surface area contributed by atoms with Crippen LogP contribution in [0.2, 0.25) is 0 Å². The number of hydrogen-bond donors (Lipinski definition) is 1. The summed E-state index contributed by atoms with van der Waals surface area (Å²) in [5.41, 5.74) is 0.868. The quantitative estimate of drug-likeness (QED) is 0.884. The van der Waals surface area contributed by atoms with Crippen molar-refractivity contribution in [2.75, 3.05) is 6.54 Å². The van der Waals surface area contributed by atoms with Crippen LogP contribution in [0.5, 0.6) is 0 Å². The van der Waals surface area contributed by atoms with Gasteiger partial charge in [-0.15, -0.1) is 0 Å². The van der Waals surface area contributed by atoms with Gasteiger partial charge in [0.05, 0.1) is 5.56 Å². The van der Waals surface area contributed by atoms with E-state index in [1.807, 2.05) is 6.07 Å². The van der Waals surface area contributed by atoms with Gasteiger partial charge in [-0.1, -0.05) is 27.7 Å². The third-order valence-electron chi connectivity index (χ3n) is 2.81. The second-order valence-electron chi connectivity index (χ2n) is 5.99. The minimum Gasteiger partial charge on any atom is -0.350 e. The first-order valence-corrected chi connectivity index (χ1v) is 6.48. The Bertz CT molecular complexity index is 469. The van der Waals surface area contributed by atoms with Gasteiger partial charge in [-0.3, -0.25) is 4.79 Å². The van der Waals surface area contributed by atoms with Gasteiger partial charge >= 0.3 is 0 Å². The van der Waals surface area contributed by atoms with Gasteiger partial charge in [0, 0.05) is 12.7 Å². The average molecular weight is 259 g/mol. The summed E-state index contributed by atoms with van der Waals surface area (Å²) in [6.07, 6.45) is 2.46. The van der Waals surface area contributed by atoms with Gasteiger partial charge in [-0.05, 0) is 29.9 Å². The van der Waals surface area contributed by atoms with E-state index in [0.717, 1.165) is 6.42 Å². The molecule has 0 aliphatic heterocycles. The van der Waals surface area contributed by atoms with Crippen molar-refractivity contribution in [3.63, 3.8) is 0 Å². The van der Waals surface area contributed by atoms with Crippen LogP contribution in [-0.2, 0) is 0 Å². The highest BCUT2D eigenvalue weighted by molar-refractivity contribution is 5.92. The van der Waals surface area contributed by atoms with Crippen LogP contribution < -0.4 is 5.32 Å². The second-order valence-corrected chi connectivity index (χ2v) is 5.99. The molecule has 1 heterocycles. The zero-order valence-corrected chi connectivity index (χ0v) is 12.0. The highest BCUT2D eigenvalue weighted by atomic mass is 16.1. The number of carbonyl (C=O) groups is 1. The van der Waals surface area contributed by atoms with Gasteiger partial charge in [-0.2, -0.15) is 5.26 Å². The van der Waals surface area contributed by atoms with Crippen molar-refractivity contribution in [2.45, 2.75) is 34.1 Å². The monoisotopic (exact) mass is 259 g/mol. The molecular weight excluding hydrogens is 238 g/mol. The highest BCUT2D eigenvalue weighted by Gasteiger charge is 2.20. The number of nitrogens with one attached hydrogen (secondary N) is 1. The van der Waals surface area contributed by atoms with Crippen LogP contribution in [-0.4, -0.2) is 17.4 Å². The molecule has 0 saturated heterocycles. The first kappa shape index (κ1) is 15.2. The molecule has 0 unspecified atom stereocenters. The number of nitrogens with zero attached hydrogens (tertiary/aromatic N) is 2. The van der Waals surface area contributed by atoms with Crippen LogP contribution >= 0.6 is 0 Å². The third kappa shape index (κ3) is 5.09. The van der Waals surface area contributed by atoms with Crippen LogP contribution in [0.3, 0.4) is 0 Å². The van der Waals surface area contributed by atoms with Crippen LogP contribution in [0.4, 0.5) is 0 Å². The number of hydrogen-bond acceptors (Lipinski definition) is 3. The summed E-state index contributed by atoms with van der Waals surface area (Å²) in [6.45, 7) is 9.24. The molecular formula is C15H21N3O. The Morgan fingerprint density at radius 2 is 2.16 bits per heavy atom. The maximum Gasteiger partial charge on any atom is 0.269 e. The van der Waals surface area contributed by atoms with E-state index in [4.69, 9.17) is 5.26 Å². The number of carbonyl (C=O) groups excluding carboxylic acids is 1. The normalized spacial score (nSPS) is 11.2. The van der Waals surface area contributed by atoms with Gasteiger partial charge in [0.1, 0.15) is 11.8 Å². The van der Waals surface area contributed by atoms with Crippen molar-refractivity contribution in [1.82, 2.24) is 10.3 Å². The number of pyridine rings is 1. The molecule has 0 atom stereocenters. The van der Waals surface area contributed by atoms with E-state index in [0.29, 0.717) is 23.7 Å². The maximum absolute atomic E-state index is 11.9. The molecule has 4 nitrogen and oxygen atoms in total. The molecule has 0 bridgehead atoms. The average Bonchev–Trinajstić information content (AvgIpc) is 2.34. The second kappa shape index (κ2) is 6.33. The van der Waals surface area contributed by atoms with Crippen molar-refractivity contribution in [1.29, 1.82) is 5.26 Å². The van der Waals surface area contributed by atoms with Crippen LogP contribution in [0.1, 0.15) is 50.2 Å². The van der Waals surface area contributed by atoms with E-state index in [-0.39, 0.29) is 11.3 Å². The summed E-state index contributed by atoms with van der Waals surface area (Å²) < 4.78 is 0. The summed E-state index contributed by atoms with van der Waals surface area (Å²) in [4.78, 5) is 15.9. The Kier molecular flexibility index (Phi) is 5.05. The molecule has 1 aromatic rings. The topological polar surface area (TPSA) is 65.8 Å². The summed E-state index contributed by atoms with van der Waals surface area (Å²) >= 11 is 0. The van der Waals surface area contributed by atoms with E-state index in [9.17, 15) is 4.79 Å². The summed E-state index contributed by atoms with van der Waals surface area (Å²) in [5, 5.41) is 11.6. The predicted octanol–water partition coefficient (Wildman–Crippen LogP) is 2.76. The molecule has 1 aromatic heterocycles. The summed E-state index contributed by atoms with van der Waals surface area (Å²) in [6, 6.07) is 5.15. The first-order chi connectivity index (χ1) is 8.84. The van der Waals surface area contributed by atoms with E-state index >= 15 is 0 Å². The standard InChI is InChI=1S/C15H21N3O/c1-11(2)7-15(3,4)10-18-14(19)13-6-5-12(8-16)9-17-13/h5-6,9,11H,7,10H2,1-4H3,(H,18,19). The minimum absolute atomic E-state index is 0.0659. The highest BCUT2D eigenvalue weighted by Crippen LogP contribution is 2.24. The largest absolute Gasteiger partial charge is 0.350 e. The van der Waals surface area contributed by atoms with Crippen molar-refractivity contribution >= 4 is 5.91 Å². The molecule has 4 heteroatoms. The van der Waals surface area contributed by atoms with Crippen molar-refractivity contribution in [3.8, 4) is 6.07 Å². The number of rotatable bonds is 5. The van der Waals surface area contributed by atoms with Gasteiger partial charge in [0.15, 0.2) is 0 Å². The molecule has 1 rings (SSSR count). The Labute approximate surface area is 114 Å². The first-order valence-electron chi connectivity index (χ1n) is 6.48. The molecule has 0 spiro atoms. The van der Waals surface area contributed by atoms with E-state index in [1.54, 1.807) is 12.1 Å². The number of amides is 1. The smallest absolute Gasteiger partial charge is 0.269 e. The fraction of sp³-hybridized carbons (Fsp3) is 0.533. The molecule has 102 valence electrons. The lowest BCUT2D eigenvalue weighted by Gasteiger charge is -2.26. The fourth-order valence-corrected chi connectivity index (χ4v) is 2.18. The number of aromatic nitrogens is 1. The SMILES string of the molecule is CC(C)CC(C)(C)CNC(=O)c1ccc(C#N)cn1. The third-order valence-corrected chi connectivity index (χ3v) is 2.81. The zero-order valence-electron chi connectivity index (χ0n) is 12.0. The van der Waals surface area contributed by atoms with Crippen LogP contribution in [0.15, 0.2) is 18.3 Å². The van der Waals surface area contributed by atoms with Crippen LogP contribution in [0.25, 0.3) is 0 Å². The molecule has 1 N–H and O–H groups in total. The van der Waals surface area contributed by atoms with E-state index in [1.165, 1.54) is 6.20 Å². The molecule has 0 saturated carbocycles. The number of nitriles is 1. The van der Waals surface area contributed by atoms with E-state index in [2.05, 4.69) is 38.0 Å². The summed E-state index contributed by atoms with van der Waals surface area (Å²) in [5.74, 6) is 0.404. The Balaban J connectivity index is 2.58. The lowest BCUT2D eigenvalue weighted by atomic mass is 9.84. The van der Waals surface area contributed by atoms with Gasteiger partial charge in [0.25, 0.3) is 5.91 Å². The van der Waals surface area contributed by atoms with Crippen molar-refractivity contribution < 1.29 is 4.79 Å². The molecule has 1 amide bonds. The summed E-state index contributed by atoms with van der Waals surface area (Å²) in [7, 11) is 0. The van der Waals surface area contributed by atoms with Gasteiger partial charge in [0.2, 0.25) is 0 Å². The van der Waals surface area contributed by atoms with Crippen molar-refractivity contribution in [3.05, 3.63) is 29.6 Å². The predicted molar refractivity (Wildman–Crippen MR) is 74.5 cm³/mol. The maximum atomic E-state index is 11.9. The fourth-order valence-electron chi connectivity index (χ4n) is 2.18. The lowest BCUT2D eigenvalue weighted by molar-refractivity contribution is 0.0926. The molecule has 0 aliphatic carbocycles. The zero-order chi connectivity index (χ0) is 14.5. The Morgan fingerprint density at radius 1 is 1.47 bits per heavy atom. The van der Waals surface area contributed by atoms with E-state index < -0.39 is 0 Å². The Morgan fingerprint density at radius 3 is 2.63 bits per heavy atom. The molecule has 0 aromatic carbocycles. The molecule has 0 aliphatic rings. The molecule has 19 heavy (non-hydrogen) atoms. The van der Waals surface area contributed by atoms with Gasteiger partial charge < -0.3 is 5.32 Å². The molecule has 0 radical (unpaired) electrons. The minimum atomic E-state index is -0.193. The molecule has 0 fully saturated rings.